The Morgan fingerprint density at radius 1 is 0.960 bits per heavy atom. The minimum Gasteiger partial charge on any atom is -0.241 e. The molecule has 0 atom stereocenters. The molecule has 25 heavy (non-hydrogen) atoms. The van der Waals surface area contributed by atoms with Gasteiger partial charge in [-0.25, -0.2) is 21.8 Å². The molecule has 132 valence electrons. The number of hydrogen-bond acceptors (Lipinski definition) is 6. The highest BCUT2D eigenvalue weighted by atomic mass is 32.3. The molecular weight excluding hydrogens is 380 g/mol. The Morgan fingerprint density at radius 2 is 1.56 bits per heavy atom. The SMILES string of the molecule is Cc1nc2cc(N(S(C)(=O)=O)S(C)(=O)=O)c(-c3ccccc3)cc2s1. The monoisotopic (exact) mass is 396 g/mol. The molecule has 6 nitrogen and oxygen atoms in total. The third-order valence-corrected chi connectivity index (χ3v) is 7.65. The van der Waals surface area contributed by atoms with Crippen molar-refractivity contribution >= 4 is 47.3 Å². The summed E-state index contributed by atoms with van der Waals surface area (Å²) >= 11 is 1.47. The molecule has 1 aromatic heterocycles. The molecule has 0 spiro atoms. The highest BCUT2D eigenvalue weighted by molar-refractivity contribution is 8.09. The van der Waals surface area contributed by atoms with Gasteiger partial charge < -0.3 is 0 Å². The minimum absolute atomic E-state index is 0.0778. The van der Waals surface area contributed by atoms with Crippen LogP contribution in [0.1, 0.15) is 5.01 Å². The normalized spacial score (nSPS) is 12.4. The van der Waals surface area contributed by atoms with Gasteiger partial charge >= 0.3 is 0 Å². The third-order valence-electron chi connectivity index (χ3n) is 3.50. The molecule has 3 rings (SSSR count). The first-order valence-electron chi connectivity index (χ1n) is 7.24. The lowest BCUT2D eigenvalue weighted by atomic mass is 10.0. The van der Waals surface area contributed by atoms with Gasteiger partial charge in [0.2, 0.25) is 20.0 Å². The van der Waals surface area contributed by atoms with Gasteiger partial charge in [0.15, 0.2) is 0 Å². The zero-order chi connectivity index (χ0) is 18.4. The number of anilines is 1. The van der Waals surface area contributed by atoms with Crippen molar-refractivity contribution in [3.05, 3.63) is 47.5 Å². The lowest BCUT2D eigenvalue weighted by Crippen LogP contribution is -2.35. The average Bonchev–Trinajstić information content (AvgIpc) is 2.83. The Kier molecular flexibility index (Phi) is 4.34. The lowest BCUT2D eigenvalue weighted by Gasteiger charge is -2.22. The average molecular weight is 397 g/mol. The fraction of sp³-hybridized carbons (Fsp3) is 0.188. The second-order valence-corrected chi connectivity index (χ2v) is 10.8. The van der Waals surface area contributed by atoms with Crippen molar-refractivity contribution < 1.29 is 16.8 Å². The van der Waals surface area contributed by atoms with E-state index in [0.29, 0.717) is 14.8 Å². The van der Waals surface area contributed by atoms with Crippen LogP contribution in [0.3, 0.4) is 0 Å². The molecule has 0 saturated carbocycles. The van der Waals surface area contributed by atoms with Crippen LogP contribution in [0.4, 0.5) is 5.69 Å². The van der Waals surface area contributed by atoms with E-state index in [-0.39, 0.29) is 5.69 Å². The highest BCUT2D eigenvalue weighted by Crippen LogP contribution is 2.38. The lowest BCUT2D eigenvalue weighted by molar-refractivity contribution is 0.591. The largest absolute Gasteiger partial charge is 0.245 e. The molecule has 1 heterocycles. The van der Waals surface area contributed by atoms with Gasteiger partial charge in [0.1, 0.15) is 0 Å². The summed E-state index contributed by atoms with van der Waals surface area (Å²) in [5.41, 5.74) is 1.89. The topological polar surface area (TPSA) is 84.4 Å². The van der Waals surface area contributed by atoms with Crippen LogP contribution in [-0.2, 0) is 20.0 Å². The number of thiazole rings is 1. The van der Waals surface area contributed by atoms with Crippen molar-refractivity contribution in [2.45, 2.75) is 6.92 Å². The molecule has 0 aliphatic rings. The molecule has 0 bridgehead atoms. The van der Waals surface area contributed by atoms with Crippen molar-refractivity contribution in [2.24, 2.45) is 0 Å². The molecule has 9 heteroatoms. The first-order valence-corrected chi connectivity index (χ1v) is 11.8. The van der Waals surface area contributed by atoms with E-state index in [1.54, 1.807) is 18.2 Å². The number of sulfonamides is 2. The fourth-order valence-corrected chi connectivity index (χ4v) is 6.51. The second-order valence-electron chi connectivity index (χ2n) is 5.66. The number of fused-ring (bicyclic) bond motifs is 1. The zero-order valence-electron chi connectivity index (χ0n) is 13.8. The van der Waals surface area contributed by atoms with Gasteiger partial charge in [0.25, 0.3) is 0 Å². The maximum absolute atomic E-state index is 12.2. The minimum atomic E-state index is -4.05. The van der Waals surface area contributed by atoms with Gasteiger partial charge in [-0.1, -0.05) is 30.3 Å². The standard InChI is InChI=1S/C16H16N2O4S3/c1-11-17-14-10-15(18(24(2,19)20)25(3,21)22)13(9-16(14)23-11)12-7-5-4-6-8-12/h4-10H,1-3H3. The van der Waals surface area contributed by atoms with Gasteiger partial charge in [0, 0.05) is 5.56 Å². The van der Waals surface area contributed by atoms with Crippen LogP contribution in [0.5, 0.6) is 0 Å². The first kappa shape index (κ1) is 17.8. The summed E-state index contributed by atoms with van der Waals surface area (Å²) in [6, 6.07) is 12.4. The summed E-state index contributed by atoms with van der Waals surface area (Å²) in [7, 11) is -8.09. The molecule has 0 saturated heterocycles. The summed E-state index contributed by atoms with van der Waals surface area (Å²) in [5, 5.41) is 0.816. The first-order chi connectivity index (χ1) is 11.6. The summed E-state index contributed by atoms with van der Waals surface area (Å²) in [6.45, 7) is 1.84. The van der Waals surface area contributed by atoms with E-state index in [2.05, 4.69) is 4.98 Å². The third kappa shape index (κ3) is 3.53. The maximum Gasteiger partial charge on any atom is 0.245 e. The quantitative estimate of drug-likeness (QED) is 0.677. The zero-order valence-corrected chi connectivity index (χ0v) is 16.2. The van der Waals surface area contributed by atoms with Gasteiger partial charge in [-0.2, -0.15) is 3.71 Å². The Morgan fingerprint density at radius 3 is 2.12 bits per heavy atom. The van der Waals surface area contributed by atoms with Gasteiger partial charge in [-0.3, -0.25) is 0 Å². The molecule has 0 unspecified atom stereocenters. The maximum atomic E-state index is 12.2. The number of hydrogen-bond donors (Lipinski definition) is 0. The van der Waals surface area contributed by atoms with Crippen LogP contribution in [0.2, 0.25) is 0 Å². The van der Waals surface area contributed by atoms with E-state index in [0.717, 1.165) is 27.8 Å². The van der Waals surface area contributed by atoms with Gasteiger partial charge in [-0.15, -0.1) is 11.3 Å². The van der Waals surface area contributed by atoms with E-state index >= 15 is 0 Å². The summed E-state index contributed by atoms with van der Waals surface area (Å²) in [4.78, 5) is 4.36. The van der Waals surface area contributed by atoms with Crippen LogP contribution >= 0.6 is 11.3 Å². The molecule has 0 amide bonds. The van der Waals surface area contributed by atoms with Crippen LogP contribution in [-0.4, -0.2) is 34.3 Å². The Labute approximate surface area is 150 Å². The summed E-state index contributed by atoms with van der Waals surface area (Å²) in [5.74, 6) is 0. The Balaban J connectivity index is 2.43. The number of rotatable bonds is 4. The molecule has 3 aromatic rings. The van der Waals surface area contributed by atoms with E-state index in [9.17, 15) is 16.8 Å². The second kappa shape index (κ2) is 6.08. The number of nitrogens with zero attached hydrogens (tertiary/aromatic N) is 2. The summed E-state index contributed by atoms with van der Waals surface area (Å²) in [6.07, 6.45) is 1.75. The molecule has 0 aliphatic heterocycles. The number of aromatic nitrogens is 1. The van der Waals surface area contributed by atoms with Gasteiger partial charge in [-0.05, 0) is 24.6 Å². The van der Waals surface area contributed by atoms with Crippen molar-refractivity contribution in [3.8, 4) is 11.1 Å². The van der Waals surface area contributed by atoms with Crippen molar-refractivity contribution in [3.63, 3.8) is 0 Å². The van der Waals surface area contributed by atoms with E-state index in [1.807, 2.05) is 25.1 Å². The molecule has 0 fully saturated rings. The van der Waals surface area contributed by atoms with E-state index < -0.39 is 20.0 Å². The van der Waals surface area contributed by atoms with Gasteiger partial charge in [0.05, 0.1) is 33.4 Å². The molecule has 0 radical (unpaired) electrons. The Bertz CT molecular complexity index is 1120. The van der Waals surface area contributed by atoms with Crippen LogP contribution < -0.4 is 3.71 Å². The highest BCUT2D eigenvalue weighted by Gasteiger charge is 2.30. The smallest absolute Gasteiger partial charge is 0.241 e. The fourth-order valence-electron chi connectivity index (χ4n) is 2.68. The van der Waals surface area contributed by atoms with Crippen LogP contribution in [0.25, 0.3) is 21.3 Å². The molecule has 0 aliphatic carbocycles. The van der Waals surface area contributed by atoms with Crippen LogP contribution in [0.15, 0.2) is 42.5 Å². The Hall–Kier alpha value is -1.97. The predicted molar refractivity (Wildman–Crippen MR) is 102 cm³/mol. The number of aryl methyl sites for hydroxylation is 1. The van der Waals surface area contributed by atoms with E-state index in [1.165, 1.54) is 17.4 Å². The summed E-state index contributed by atoms with van der Waals surface area (Å²) < 4.78 is 50.3. The molecule has 0 N–H and O–H groups in total. The van der Waals surface area contributed by atoms with Crippen molar-refractivity contribution in [2.75, 3.05) is 16.2 Å². The predicted octanol–water partition coefficient (Wildman–Crippen LogP) is 3.00. The number of benzene rings is 2. The van der Waals surface area contributed by atoms with Crippen molar-refractivity contribution in [1.82, 2.24) is 4.98 Å². The van der Waals surface area contributed by atoms with Crippen LogP contribution in [0, 0.1) is 6.92 Å². The van der Waals surface area contributed by atoms with E-state index in [4.69, 9.17) is 0 Å². The molecule has 2 aromatic carbocycles. The van der Waals surface area contributed by atoms with Crippen molar-refractivity contribution in [1.29, 1.82) is 0 Å². The molecular formula is C16H16N2O4S3.